The van der Waals surface area contributed by atoms with E-state index in [9.17, 15) is 9.59 Å². The second-order valence-electron chi connectivity index (χ2n) is 3.75. The molecule has 0 atom stereocenters. The van der Waals surface area contributed by atoms with Gasteiger partial charge in [0, 0.05) is 11.0 Å². The Morgan fingerprint density at radius 3 is 2.63 bits per heavy atom. The Bertz CT molecular complexity index is 479. The van der Waals surface area contributed by atoms with Crippen LogP contribution >= 0.6 is 27.5 Å². The van der Waals surface area contributed by atoms with Crippen molar-refractivity contribution in [3.8, 4) is 0 Å². The largest absolute Gasteiger partial charge is 0.465 e. The van der Waals surface area contributed by atoms with Crippen LogP contribution in [0.1, 0.15) is 24.2 Å². The van der Waals surface area contributed by atoms with Gasteiger partial charge in [0.2, 0.25) is 0 Å². The van der Waals surface area contributed by atoms with Crippen LogP contribution in [0, 0.1) is 0 Å². The Kier molecular flexibility index (Phi) is 6.31. The fourth-order valence-corrected chi connectivity index (χ4v) is 2.08. The quantitative estimate of drug-likeness (QED) is 0.768. The van der Waals surface area contributed by atoms with Gasteiger partial charge in [0.15, 0.2) is 0 Å². The van der Waals surface area contributed by atoms with Crippen molar-refractivity contribution >= 4 is 39.4 Å². The van der Waals surface area contributed by atoms with Gasteiger partial charge in [0.25, 0.3) is 5.91 Å². The molecule has 1 aromatic rings. The number of esters is 1. The Morgan fingerprint density at radius 2 is 2.05 bits per heavy atom. The molecule has 4 nitrogen and oxygen atoms in total. The lowest BCUT2D eigenvalue weighted by Gasteiger charge is -2.20. The van der Waals surface area contributed by atoms with Gasteiger partial charge < -0.3 is 9.64 Å². The third-order valence-corrected chi connectivity index (χ3v) is 3.28. The van der Waals surface area contributed by atoms with Gasteiger partial charge in [-0.15, -0.1) is 0 Å². The van der Waals surface area contributed by atoms with E-state index in [1.165, 1.54) is 4.90 Å². The maximum absolute atomic E-state index is 12.3. The van der Waals surface area contributed by atoms with E-state index in [2.05, 4.69) is 15.9 Å². The highest BCUT2D eigenvalue weighted by atomic mass is 79.9. The minimum absolute atomic E-state index is 0.0774. The van der Waals surface area contributed by atoms with Crippen molar-refractivity contribution < 1.29 is 14.3 Å². The molecule has 0 aliphatic heterocycles. The molecule has 0 radical (unpaired) electrons. The summed E-state index contributed by atoms with van der Waals surface area (Å²) in [5, 5.41) is 0.357. The summed E-state index contributed by atoms with van der Waals surface area (Å²) < 4.78 is 5.60. The van der Waals surface area contributed by atoms with E-state index in [-0.39, 0.29) is 12.5 Å². The highest BCUT2D eigenvalue weighted by molar-refractivity contribution is 9.10. The van der Waals surface area contributed by atoms with Crippen molar-refractivity contribution in [2.75, 3.05) is 19.7 Å². The van der Waals surface area contributed by atoms with Crippen LogP contribution in [-0.2, 0) is 9.53 Å². The standard InChI is InChI=1S/C13H15BrClNO3/c1-3-16(8-12(17)19-4-2)13(18)10-7-9(14)5-6-11(10)15/h5-7H,3-4,8H2,1-2H3. The van der Waals surface area contributed by atoms with E-state index in [1.54, 1.807) is 32.0 Å². The maximum Gasteiger partial charge on any atom is 0.325 e. The molecule has 0 aliphatic rings. The molecular weight excluding hydrogens is 334 g/mol. The average Bonchev–Trinajstić information content (AvgIpc) is 2.38. The van der Waals surface area contributed by atoms with Crippen LogP contribution < -0.4 is 0 Å². The molecule has 6 heteroatoms. The molecule has 0 N–H and O–H groups in total. The topological polar surface area (TPSA) is 46.6 Å². The first kappa shape index (κ1) is 16.0. The normalized spacial score (nSPS) is 10.1. The molecule has 1 aromatic carbocycles. The molecule has 0 aromatic heterocycles. The van der Waals surface area contributed by atoms with Crippen molar-refractivity contribution in [1.82, 2.24) is 4.90 Å². The summed E-state index contributed by atoms with van der Waals surface area (Å²) in [6.45, 7) is 4.14. The number of hydrogen-bond acceptors (Lipinski definition) is 3. The predicted octanol–water partition coefficient (Wildman–Crippen LogP) is 3.13. The number of nitrogens with zero attached hydrogens (tertiary/aromatic N) is 1. The number of hydrogen-bond donors (Lipinski definition) is 0. The predicted molar refractivity (Wildman–Crippen MR) is 77.4 cm³/mol. The van der Waals surface area contributed by atoms with Crippen molar-refractivity contribution in [1.29, 1.82) is 0 Å². The first-order chi connectivity index (χ1) is 8.99. The summed E-state index contributed by atoms with van der Waals surface area (Å²) in [5.74, 6) is -0.717. The molecule has 0 fully saturated rings. The lowest BCUT2D eigenvalue weighted by atomic mass is 10.2. The Labute approximate surface area is 125 Å². The lowest BCUT2D eigenvalue weighted by molar-refractivity contribution is -0.143. The third-order valence-electron chi connectivity index (χ3n) is 2.45. The maximum atomic E-state index is 12.3. The molecule has 0 aliphatic carbocycles. The van der Waals surface area contributed by atoms with Crippen LogP contribution in [0.2, 0.25) is 5.02 Å². The summed E-state index contributed by atoms with van der Waals surface area (Å²) in [4.78, 5) is 25.1. The van der Waals surface area contributed by atoms with Gasteiger partial charge in [-0.3, -0.25) is 9.59 Å². The van der Waals surface area contributed by atoms with Crippen LogP contribution in [0.5, 0.6) is 0 Å². The molecule has 0 saturated heterocycles. The van der Waals surface area contributed by atoms with E-state index >= 15 is 0 Å². The second kappa shape index (κ2) is 7.50. The Morgan fingerprint density at radius 1 is 1.37 bits per heavy atom. The number of amides is 1. The lowest BCUT2D eigenvalue weighted by Crippen LogP contribution is -2.36. The first-order valence-electron chi connectivity index (χ1n) is 5.89. The number of benzene rings is 1. The number of carbonyl (C=O) groups excluding carboxylic acids is 2. The zero-order valence-electron chi connectivity index (χ0n) is 10.8. The van der Waals surface area contributed by atoms with Crippen LogP contribution in [0.15, 0.2) is 22.7 Å². The Balaban J connectivity index is 2.89. The van der Waals surface area contributed by atoms with Crippen molar-refractivity contribution in [3.05, 3.63) is 33.3 Å². The summed E-state index contributed by atoms with van der Waals surface area (Å²) in [7, 11) is 0. The van der Waals surface area contributed by atoms with Crippen LogP contribution in [0.25, 0.3) is 0 Å². The molecule has 0 saturated carbocycles. The van der Waals surface area contributed by atoms with Crippen LogP contribution in [-0.4, -0.2) is 36.5 Å². The molecule has 0 heterocycles. The van der Waals surface area contributed by atoms with E-state index in [4.69, 9.17) is 16.3 Å². The minimum Gasteiger partial charge on any atom is -0.465 e. The number of halogens is 2. The summed E-state index contributed by atoms with van der Waals surface area (Å²) >= 11 is 9.30. The molecule has 19 heavy (non-hydrogen) atoms. The van der Waals surface area contributed by atoms with Gasteiger partial charge >= 0.3 is 5.97 Å². The molecular formula is C13H15BrClNO3. The summed E-state index contributed by atoms with van der Waals surface area (Å²) in [6.07, 6.45) is 0. The number of likely N-dealkylation sites (N-methyl/N-ethyl adjacent to an activating group) is 1. The SMILES string of the molecule is CCOC(=O)CN(CC)C(=O)c1cc(Br)ccc1Cl. The number of carbonyl (C=O) groups is 2. The van der Waals surface area contributed by atoms with E-state index in [0.717, 1.165) is 4.47 Å². The monoisotopic (exact) mass is 347 g/mol. The molecule has 0 bridgehead atoms. The molecule has 104 valence electrons. The van der Waals surface area contributed by atoms with E-state index in [0.29, 0.717) is 23.7 Å². The van der Waals surface area contributed by atoms with Crippen molar-refractivity contribution in [3.63, 3.8) is 0 Å². The minimum atomic E-state index is -0.427. The van der Waals surface area contributed by atoms with Gasteiger partial charge in [-0.1, -0.05) is 27.5 Å². The molecule has 0 spiro atoms. The zero-order chi connectivity index (χ0) is 14.4. The number of rotatable bonds is 5. The smallest absolute Gasteiger partial charge is 0.325 e. The van der Waals surface area contributed by atoms with Gasteiger partial charge in [0.1, 0.15) is 6.54 Å². The third kappa shape index (κ3) is 4.51. The highest BCUT2D eigenvalue weighted by Crippen LogP contribution is 2.22. The van der Waals surface area contributed by atoms with Gasteiger partial charge in [-0.25, -0.2) is 0 Å². The highest BCUT2D eigenvalue weighted by Gasteiger charge is 2.20. The molecule has 1 rings (SSSR count). The summed E-state index contributed by atoms with van der Waals surface area (Å²) in [6, 6.07) is 5.02. The van der Waals surface area contributed by atoms with Crippen molar-refractivity contribution in [2.45, 2.75) is 13.8 Å². The zero-order valence-corrected chi connectivity index (χ0v) is 13.1. The van der Waals surface area contributed by atoms with Gasteiger partial charge in [-0.05, 0) is 32.0 Å². The molecule has 1 amide bonds. The van der Waals surface area contributed by atoms with E-state index in [1.807, 2.05) is 0 Å². The average molecular weight is 349 g/mol. The van der Waals surface area contributed by atoms with Gasteiger partial charge in [-0.2, -0.15) is 0 Å². The fraction of sp³-hybridized carbons (Fsp3) is 0.385. The Hall–Kier alpha value is -1.07. The number of ether oxygens (including phenoxy) is 1. The van der Waals surface area contributed by atoms with Crippen LogP contribution in [0.3, 0.4) is 0 Å². The molecule has 0 unspecified atom stereocenters. The first-order valence-corrected chi connectivity index (χ1v) is 7.06. The fourth-order valence-electron chi connectivity index (χ4n) is 1.52. The van der Waals surface area contributed by atoms with Gasteiger partial charge in [0.05, 0.1) is 17.2 Å². The second-order valence-corrected chi connectivity index (χ2v) is 5.07. The van der Waals surface area contributed by atoms with Crippen molar-refractivity contribution in [2.24, 2.45) is 0 Å². The van der Waals surface area contributed by atoms with E-state index < -0.39 is 5.97 Å². The summed E-state index contributed by atoms with van der Waals surface area (Å²) in [5.41, 5.74) is 0.363. The van der Waals surface area contributed by atoms with Crippen LogP contribution in [0.4, 0.5) is 0 Å².